The van der Waals surface area contributed by atoms with Crippen molar-refractivity contribution in [3.63, 3.8) is 0 Å². The molecule has 1 amide bonds. The molecule has 8 nitrogen and oxygen atoms in total. The monoisotopic (exact) mass is 421 g/mol. The molecule has 0 aliphatic carbocycles. The summed E-state index contributed by atoms with van der Waals surface area (Å²) in [5, 5.41) is 15.1. The molecular weight excluding hydrogens is 406 g/mol. The van der Waals surface area contributed by atoms with Crippen LogP contribution in [0.1, 0.15) is 5.76 Å². The molecule has 0 atom stereocenters. The lowest BCUT2D eigenvalue weighted by Crippen LogP contribution is -2.19. The second-order valence-electron chi connectivity index (χ2n) is 6.12. The molecule has 0 bridgehead atoms. The number of anilines is 1. The fraction of sp³-hybridized carbons (Fsp3) is 0.0476. The van der Waals surface area contributed by atoms with E-state index in [1.165, 1.54) is 18.1 Å². The molecule has 9 heteroatoms. The van der Waals surface area contributed by atoms with Crippen LogP contribution >= 0.6 is 11.6 Å². The number of furan rings is 1. The number of rotatable bonds is 6. The Morgan fingerprint density at radius 1 is 1.17 bits per heavy atom. The summed E-state index contributed by atoms with van der Waals surface area (Å²) in [6.45, 7) is 0. The van der Waals surface area contributed by atoms with Crippen molar-refractivity contribution in [3.05, 3.63) is 77.7 Å². The molecular formula is C21H16ClN5O3. The molecule has 2 aromatic carbocycles. The van der Waals surface area contributed by atoms with Crippen molar-refractivity contribution < 1.29 is 13.9 Å². The Bertz CT molecular complexity index is 1190. The third-order valence-corrected chi connectivity index (χ3v) is 4.43. The molecule has 150 valence electrons. The van der Waals surface area contributed by atoms with Gasteiger partial charge in [-0.05, 0) is 40.8 Å². The quantitative estimate of drug-likeness (QED) is 0.468. The van der Waals surface area contributed by atoms with E-state index in [4.69, 9.17) is 20.8 Å². The molecule has 0 spiro atoms. The number of benzene rings is 2. The normalized spacial score (nSPS) is 11.3. The molecule has 0 aliphatic rings. The largest absolute Gasteiger partial charge is 0.495 e. The van der Waals surface area contributed by atoms with Gasteiger partial charge in [-0.15, -0.1) is 5.10 Å². The lowest BCUT2D eigenvalue weighted by molar-refractivity contribution is -0.111. The van der Waals surface area contributed by atoms with Gasteiger partial charge < -0.3 is 14.5 Å². The smallest absolute Gasteiger partial charge is 0.274 e. The number of hydrogen-bond donors (Lipinski definition) is 1. The van der Waals surface area contributed by atoms with Gasteiger partial charge in [0.2, 0.25) is 0 Å². The number of carbonyl (C=O) groups is 1. The summed E-state index contributed by atoms with van der Waals surface area (Å²) in [5.41, 5.74) is 1.31. The summed E-state index contributed by atoms with van der Waals surface area (Å²) < 4.78 is 12.1. The van der Waals surface area contributed by atoms with Crippen molar-refractivity contribution >= 4 is 35.0 Å². The molecule has 1 N–H and O–H groups in total. The molecule has 4 rings (SSSR count). The molecule has 0 fully saturated rings. The number of methoxy groups -OCH3 is 1. The maximum Gasteiger partial charge on any atom is 0.274 e. The van der Waals surface area contributed by atoms with Crippen molar-refractivity contribution in [2.24, 2.45) is 0 Å². The Labute approximate surface area is 176 Å². The molecule has 4 aromatic rings. The van der Waals surface area contributed by atoms with E-state index in [0.29, 0.717) is 28.0 Å². The second kappa shape index (κ2) is 8.62. The Balaban J connectivity index is 1.77. The van der Waals surface area contributed by atoms with E-state index in [1.807, 2.05) is 30.3 Å². The van der Waals surface area contributed by atoms with Crippen LogP contribution in [0.5, 0.6) is 5.75 Å². The molecule has 0 aliphatic heterocycles. The number of nitrogens with one attached hydrogen (secondary N) is 1. The Morgan fingerprint density at radius 3 is 2.73 bits per heavy atom. The summed E-state index contributed by atoms with van der Waals surface area (Å²) in [6.07, 6.45) is 3.06. The summed E-state index contributed by atoms with van der Waals surface area (Å²) >= 11 is 6.08. The molecule has 30 heavy (non-hydrogen) atoms. The van der Waals surface area contributed by atoms with E-state index in [2.05, 4.69) is 20.8 Å². The first kappa shape index (κ1) is 19.4. The van der Waals surface area contributed by atoms with E-state index >= 15 is 0 Å². The zero-order valence-electron chi connectivity index (χ0n) is 15.8. The fourth-order valence-corrected chi connectivity index (χ4v) is 2.98. The lowest BCUT2D eigenvalue weighted by Gasteiger charge is -2.13. The van der Waals surface area contributed by atoms with Gasteiger partial charge >= 0.3 is 0 Å². The van der Waals surface area contributed by atoms with Gasteiger partial charge in [-0.2, -0.15) is 4.68 Å². The zero-order chi connectivity index (χ0) is 20.9. The number of nitrogens with zero attached hydrogens (tertiary/aromatic N) is 4. The van der Waals surface area contributed by atoms with Crippen molar-refractivity contribution in [2.75, 3.05) is 12.4 Å². The van der Waals surface area contributed by atoms with E-state index in [9.17, 15) is 4.79 Å². The van der Waals surface area contributed by atoms with Crippen LogP contribution in [0.3, 0.4) is 0 Å². The van der Waals surface area contributed by atoms with Crippen LogP contribution in [0.15, 0.2) is 71.3 Å². The fourth-order valence-electron chi connectivity index (χ4n) is 2.81. The molecule has 0 unspecified atom stereocenters. The summed E-state index contributed by atoms with van der Waals surface area (Å²) in [6, 6.07) is 17.7. The van der Waals surface area contributed by atoms with Crippen LogP contribution in [0.25, 0.3) is 23.2 Å². The minimum Gasteiger partial charge on any atom is -0.495 e. The van der Waals surface area contributed by atoms with E-state index in [0.717, 1.165) is 5.56 Å². The van der Waals surface area contributed by atoms with Crippen LogP contribution in [0.2, 0.25) is 5.02 Å². The van der Waals surface area contributed by atoms with Gasteiger partial charge in [0.1, 0.15) is 17.2 Å². The molecule has 0 saturated carbocycles. The maximum atomic E-state index is 13.3. The topological polar surface area (TPSA) is 95.1 Å². The molecule has 0 radical (unpaired) electrons. The number of aromatic nitrogens is 4. The lowest BCUT2D eigenvalue weighted by atomic mass is 10.2. The molecule has 2 aromatic heterocycles. The SMILES string of the molecule is COc1ccc(Cl)cc1NC(=O)/C(=C\c1ccco1)n1nnnc1-c1ccccc1. The number of tetrazole rings is 1. The summed E-state index contributed by atoms with van der Waals surface area (Å²) in [5.74, 6) is 0.857. The third kappa shape index (κ3) is 4.08. The van der Waals surface area contributed by atoms with Gasteiger partial charge in [0.05, 0.1) is 19.1 Å². The van der Waals surface area contributed by atoms with Crippen LogP contribution in [-0.2, 0) is 4.79 Å². The van der Waals surface area contributed by atoms with Gasteiger partial charge in [-0.25, -0.2) is 0 Å². The van der Waals surface area contributed by atoms with Crippen molar-refractivity contribution in [3.8, 4) is 17.1 Å². The van der Waals surface area contributed by atoms with Gasteiger partial charge in [0, 0.05) is 16.7 Å². The third-order valence-electron chi connectivity index (χ3n) is 4.19. The first-order valence-electron chi connectivity index (χ1n) is 8.90. The van der Waals surface area contributed by atoms with E-state index in [-0.39, 0.29) is 5.70 Å². The summed E-state index contributed by atoms with van der Waals surface area (Å²) in [7, 11) is 1.51. The van der Waals surface area contributed by atoms with Crippen LogP contribution in [0.4, 0.5) is 5.69 Å². The van der Waals surface area contributed by atoms with Gasteiger partial charge in [0.15, 0.2) is 5.82 Å². The Kier molecular flexibility index (Phi) is 5.58. The molecule has 0 saturated heterocycles. The van der Waals surface area contributed by atoms with Crippen LogP contribution in [-0.4, -0.2) is 33.2 Å². The highest BCUT2D eigenvalue weighted by Crippen LogP contribution is 2.29. The predicted molar refractivity (Wildman–Crippen MR) is 113 cm³/mol. The standard InChI is InChI=1S/C21H16ClN5O3/c1-29-19-10-9-15(22)12-17(19)23-21(28)18(13-16-8-5-11-30-16)27-20(24-25-26-27)14-6-3-2-4-7-14/h2-13H,1H3,(H,23,28)/b18-13+. The summed E-state index contributed by atoms with van der Waals surface area (Å²) in [4.78, 5) is 13.3. The average Bonchev–Trinajstić information content (AvgIpc) is 3.45. The zero-order valence-corrected chi connectivity index (χ0v) is 16.6. The van der Waals surface area contributed by atoms with Crippen molar-refractivity contribution in [1.82, 2.24) is 20.2 Å². The Morgan fingerprint density at radius 2 is 2.00 bits per heavy atom. The predicted octanol–water partition coefficient (Wildman–Crippen LogP) is 4.23. The minimum absolute atomic E-state index is 0.149. The van der Waals surface area contributed by atoms with Crippen LogP contribution < -0.4 is 10.1 Å². The average molecular weight is 422 g/mol. The van der Waals surface area contributed by atoms with Gasteiger partial charge in [-0.3, -0.25) is 4.79 Å². The highest BCUT2D eigenvalue weighted by Gasteiger charge is 2.21. The minimum atomic E-state index is -0.476. The first-order chi connectivity index (χ1) is 14.7. The molecule has 2 heterocycles. The van der Waals surface area contributed by atoms with Crippen LogP contribution in [0, 0.1) is 0 Å². The number of ether oxygens (including phenoxy) is 1. The number of carbonyl (C=O) groups excluding carboxylic acids is 1. The van der Waals surface area contributed by atoms with Gasteiger partial charge in [0.25, 0.3) is 5.91 Å². The highest BCUT2D eigenvalue weighted by atomic mass is 35.5. The van der Waals surface area contributed by atoms with Crippen molar-refractivity contribution in [2.45, 2.75) is 0 Å². The number of halogens is 1. The van der Waals surface area contributed by atoms with Gasteiger partial charge in [-0.1, -0.05) is 41.9 Å². The highest BCUT2D eigenvalue weighted by molar-refractivity contribution is 6.31. The van der Waals surface area contributed by atoms with E-state index < -0.39 is 5.91 Å². The second-order valence-corrected chi connectivity index (χ2v) is 6.56. The van der Waals surface area contributed by atoms with Crippen molar-refractivity contribution in [1.29, 1.82) is 0 Å². The van der Waals surface area contributed by atoms with E-state index in [1.54, 1.807) is 36.4 Å². The first-order valence-corrected chi connectivity index (χ1v) is 9.28. The maximum absolute atomic E-state index is 13.3. The number of amides is 1. The Hall–Kier alpha value is -3.91. The number of hydrogen-bond acceptors (Lipinski definition) is 6.